The molecule has 0 unspecified atom stereocenters. The third-order valence-electron chi connectivity index (χ3n) is 5.55. The number of ether oxygens (including phenoxy) is 1. The normalized spacial score (nSPS) is 13.5. The van der Waals surface area contributed by atoms with Crippen LogP contribution in [0.2, 0.25) is 0 Å². The van der Waals surface area contributed by atoms with E-state index in [0.717, 1.165) is 53.7 Å². The summed E-state index contributed by atoms with van der Waals surface area (Å²) in [5.41, 5.74) is 5.45. The average Bonchev–Trinajstić information content (AvgIpc) is 2.74. The first-order chi connectivity index (χ1) is 15.2. The van der Waals surface area contributed by atoms with Crippen molar-refractivity contribution in [1.82, 2.24) is 0 Å². The van der Waals surface area contributed by atoms with Crippen molar-refractivity contribution in [3.8, 4) is 16.9 Å². The molecule has 0 aliphatic heterocycles. The number of hydrogen-bond acceptors (Lipinski definition) is 1. The van der Waals surface area contributed by atoms with Crippen LogP contribution in [0.3, 0.4) is 0 Å². The van der Waals surface area contributed by atoms with E-state index in [2.05, 4.69) is 35.9 Å². The van der Waals surface area contributed by atoms with Gasteiger partial charge in [-0.1, -0.05) is 49.8 Å². The van der Waals surface area contributed by atoms with E-state index in [9.17, 15) is 22.0 Å². The number of fused-ring (bicyclic) bond motifs is 1. The van der Waals surface area contributed by atoms with Gasteiger partial charge in [-0.2, -0.15) is 0 Å². The molecule has 0 fully saturated rings. The lowest BCUT2D eigenvalue weighted by molar-refractivity contribution is -0.275. The summed E-state index contributed by atoms with van der Waals surface area (Å²) < 4.78 is 69.7. The molecule has 6 heteroatoms. The number of benzene rings is 3. The first-order valence-corrected chi connectivity index (χ1v) is 10.4. The van der Waals surface area contributed by atoms with E-state index in [-0.39, 0.29) is 11.1 Å². The lowest BCUT2D eigenvalue weighted by Gasteiger charge is -2.19. The van der Waals surface area contributed by atoms with E-state index in [4.69, 9.17) is 0 Å². The first-order valence-electron chi connectivity index (χ1n) is 10.4. The van der Waals surface area contributed by atoms with Crippen LogP contribution in [0, 0.1) is 11.6 Å². The molecule has 3 aromatic rings. The Hall–Kier alpha value is -3.15. The summed E-state index contributed by atoms with van der Waals surface area (Å²) in [5.74, 6) is -2.72. The van der Waals surface area contributed by atoms with Crippen molar-refractivity contribution in [2.45, 2.75) is 39.0 Å². The summed E-state index contributed by atoms with van der Waals surface area (Å²) in [6.45, 7) is 2.14. The van der Waals surface area contributed by atoms with Gasteiger partial charge in [0.1, 0.15) is 5.82 Å². The lowest BCUT2D eigenvalue weighted by atomic mass is 9.86. The van der Waals surface area contributed by atoms with Gasteiger partial charge in [-0.25, -0.2) is 8.78 Å². The Morgan fingerprint density at radius 1 is 0.844 bits per heavy atom. The molecule has 166 valence electrons. The second kappa shape index (κ2) is 8.77. The van der Waals surface area contributed by atoms with Gasteiger partial charge in [0.15, 0.2) is 11.6 Å². The van der Waals surface area contributed by atoms with Crippen LogP contribution in [-0.2, 0) is 12.8 Å². The van der Waals surface area contributed by atoms with Gasteiger partial charge in [0, 0.05) is 5.56 Å². The van der Waals surface area contributed by atoms with Crippen LogP contribution in [-0.4, -0.2) is 6.36 Å². The summed E-state index contributed by atoms with van der Waals surface area (Å²) >= 11 is 0. The van der Waals surface area contributed by atoms with E-state index < -0.39 is 23.7 Å². The van der Waals surface area contributed by atoms with Gasteiger partial charge in [0.25, 0.3) is 0 Å². The van der Waals surface area contributed by atoms with E-state index >= 15 is 0 Å². The van der Waals surface area contributed by atoms with Crippen LogP contribution in [0.1, 0.15) is 42.0 Å². The van der Waals surface area contributed by atoms with Crippen LogP contribution in [0.4, 0.5) is 22.0 Å². The molecular formula is C26H21F5O. The molecule has 0 saturated heterocycles. The summed E-state index contributed by atoms with van der Waals surface area (Å²) in [5, 5.41) is 0. The largest absolute Gasteiger partial charge is 0.573 e. The predicted octanol–water partition coefficient (Wildman–Crippen LogP) is 7.97. The van der Waals surface area contributed by atoms with Crippen LogP contribution < -0.4 is 4.74 Å². The van der Waals surface area contributed by atoms with Gasteiger partial charge in [0.2, 0.25) is 0 Å². The van der Waals surface area contributed by atoms with E-state index in [1.807, 2.05) is 6.08 Å². The molecule has 32 heavy (non-hydrogen) atoms. The zero-order valence-electron chi connectivity index (χ0n) is 17.4. The second-order valence-electron chi connectivity index (χ2n) is 7.84. The van der Waals surface area contributed by atoms with Crippen molar-refractivity contribution >= 4 is 11.6 Å². The van der Waals surface area contributed by atoms with Crippen molar-refractivity contribution < 1.29 is 26.7 Å². The average molecular weight is 444 g/mol. The highest BCUT2D eigenvalue weighted by Crippen LogP contribution is 2.36. The molecule has 0 bridgehead atoms. The summed E-state index contributed by atoms with van der Waals surface area (Å²) in [4.78, 5) is 0. The van der Waals surface area contributed by atoms with Crippen molar-refractivity contribution in [2.75, 3.05) is 0 Å². The Labute approximate surface area is 183 Å². The number of hydrogen-bond donors (Lipinski definition) is 0. The highest BCUT2D eigenvalue weighted by molar-refractivity contribution is 5.85. The van der Waals surface area contributed by atoms with Crippen molar-refractivity contribution in [2.24, 2.45) is 0 Å². The third kappa shape index (κ3) is 4.85. The maximum atomic E-state index is 14.9. The van der Waals surface area contributed by atoms with Gasteiger partial charge < -0.3 is 4.74 Å². The molecule has 1 aliphatic rings. The van der Waals surface area contributed by atoms with Crippen LogP contribution in [0.5, 0.6) is 5.75 Å². The van der Waals surface area contributed by atoms with Gasteiger partial charge in [-0.15, -0.1) is 13.2 Å². The van der Waals surface area contributed by atoms with Crippen molar-refractivity contribution in [3.63, 3.8) is 0 Å². The fraction of sp³-hybridized carbons (Fsp3) is 0.231. The van der Waals surface area contributed by atoms with Crippen molar-refractivity contribution in [3.05, 3.63) is 88.5 Å². The molecule has 1 aliphatic carbocycles. The Bertz CT molecular complexity index is 1160. The highest BCUT2D eigenvalue weighted by atomic mass is 19.4. The minimum Gasteiger partial charge on any atom is -0.403 e. The fourth-order valence-electron chi connectivity index (χ4n) is 4.01. The SMILES string of the molecule is CCCc1ccc(C2=Cc3cc(F)c(-c4ccc(OC(F)(F)F)c(F)c4)cc3CC2)cc1. The Morgan fingerprint density at radius 2 is 1.56 bits per heavy atom. The fourth-order valence-corrected chi connectivity index (χ4v) is 4.01. The zero-order chi connectivity index (χ0) is 22.9. The smallest absolute Gasteiger partial charge is 0.403 e. The Balaban J connectivity index is 1.62. The molecule has 0 aromatic heterocycles. The van der Waals surface area contributed by atoms with E-state index in [1.54, 1.807) is 6.07 Å². The maximum Gasteiger partial charge on any atom is 0.573 e. The number of alkyl halides is 3. The molecule has 0 N–H and O–H groups in total. The molecule has 0 saturated carbocycles. The third-order valence-corrected chi connectivity index (χ3v) is 5.55. The molecule has 0 amide bonds. The molecule has 0 radical (unpaired) electrons. The topological polar surface area (TPSA) is 9.23 Å². The van der Waals surface area contributed by atoms with E-state index in [0.29, 0.717) is 6.42 Å². The standard InChI is InChI=1S/C26H21F5O/c1-2-3-16-4-6-17(7-5-16)18-8-9-19-13-22(23(27)15-21(19)12-18)20-10-11-25(24(28)14-20)32-26(29,30)31/h4-7,10-15H,2-3,8-9H2,1H3. The zero-order valence-corrected chi connectivity index (χ0v) is 17.4. The quantitative estimate of drug-likeness (QED) is 0.363. The summed E-state index contributed by atoms with van der Waals surface area (Å²) in [6, 6.07) is 14.4. The number of allylic oxidation sites excluding steroid dienone is 1. The number of rotatable bonds is 5. The number of halogens is 5. The number of aryl methyl sites for hydroxylation is 2. The Morgan fingerprint density at radius 3 is 2.22 bits per heavy atom. The summed E-state index contributed by atoms with van der Waals surface area (Å²) in [6.07, 6.45) is 0.529. The van der Waals surface area contributed by atoms with Crippen LogP contribution in [0.25, 0.3) is 22.8 Å². The molecule has 0 heterocycles. The molecule has 1 nitrogen and oxygen atoms in total. The highest BCUT2D eigenvalue weighted by Gasteiger charge is 2.32. The molecule has 0 spiro atoms. The summed E-state index contributed by atoms with van der Waals surface area (Å²) in [7, 11) is 0. The first kappa shape index (κ1) is 22.1. The molecule has 0 atom stereocenters. The molecular weight excluding hydrogens is 423 g/mol. The van der Waals surface area contributed by atoms with E-state index in [1.165, 1.54) is 17.7 Å². The predicted molar refractivity (Wildman–Crippen MR) is 115 cm³/mol. The minimum atomic E-state index is -5.00. The second-order valence-corrected chi connectivity index (χ2v) is 7.84. The van der Waals surface area contributed by atoms with Crippen LogP contribution in [0.15, 0.2) is 54.6 Å². The van der Waals surface area contributed by atoms with Gasteiger partial charge in [-0.3, -0.25) is 0 Å². The lowest BCUT2D eigenvalue weighted by Crippen LogP contribution is -2.17. The van der Waals surface area contributed by atoms with Gasteiger partial charge >= 0.3 is 6.36 Å². The molecule has 4 rings (SSSR count). The maximum absolute atomic E-state index is 14.9. The Kier molecular flexibility index (Phi) is 6.04. The monoisotopic (exact) mass is 444 g/mol. The van der Waals surface area contributed by atoms with Gasteiger partial charge in [-0.05, 0) is 76.9 Å². The minimum absolute atomic E-state index is 0.141. The van der Waals surface area contributed by atoms with Crippen molar-refractivity contribution in [1.29, 1.82) is 0 Å². The van der Waals surface area contributed by atoms with Crippen LogP contribution >= 0.6 is 0 Å². The molecule has 3 aromatic carbocycles. The van der Waals surface area contributed by atoms with Gasteiger partial charge in [0.05, 0.1) is 0 Å².